The maximum absolute atomic E-state index is 4.19. The molecular formula is C10H16N2. The molecule has 0 fully saturated rings. The van der Waals surface area contributed by atoms with Crippen molar-refractivity contribution in [2.24, 2.45) is 11.8 Å². The van der Waals surface area contributed by atoms with E-state index in [1.54, 1.807) is 12.4 Å². The summed E-state index contributed by atoms with van der Waals surface area (Å²) in [6, 6.07) is 1.85. The van der Waals surface area contributed by atoms with E-state index < -0.39 is 0 Å². The number of rotatable bonds is 3. The summed E-state index contributed by atoms with van der Waals surface area (Å²) >= 11 is 0. The molecule has 1 aromatic heterocycles. The Hall–Kier alpha value is -0.920. The lowest BCUT2D eigenvalue weighted by Gasteiger charge is -2.13. The predicted octanol–water partition coefficient (Wildman–Crippen LogP) is 2.31. The van der Waals surface area contributed by atoms with Crippen molar-refractivity contribution >= 4 is 0 Å². The Bertz CT molecular complexity index is 219. The molecule has 0 spiro atoms. The van der Waals surface area contributed by atoms with Gasteiger partial charge in [0.1, 0.15) is 5.82 Å². The van der Waals surface area contributed by atoms with E-state index in [0.29, 0.717) is 11.8 Å². The Morgan fingerprint density at radius 3 is 2.25 bits per heavy atom. The fourth-order valence-corrected chi connectivity index (χ4v) is 0.959. The Kier molecular flexibility index (Phi) is 3.20. The summed E-state index contributed by atoms with van der Waals surface area (Å²) in [5, 5.41) is 0. The molecule has 0 aromatic carbocycles. The monoisotopic (exact) mass is 164 g/mol. The lowest BCUT2D eigenvalue weighted by atomic mass is 9.94. The van der Waals surface area contributed by atoms with Crippen LogP contribution in [0.3, 0.4) is 0 Å². The summed E-state index contributed by atoms with van der Waals surface area (Å²) in [7, 11) is 0. The second-order valence-electron chi connectivity index (χ2n) is 3.59. The van der Waals surface area contributed by atoms with Crippen molar-refractivity contribution in [1.82, 2.24) is 9.97 Å². The van der Waals surface area contributed by atoms with Gasteiger partial charge in [-0.05, 0) is 17.9 Å². The van der Waals surface area contributed by atoms with Crippen molar-refractivity contribution in [3.63, 3.8) is 0 Å². The van der Waals surface area contributed by atoms with Crippen LogP contribution in [-0.4, -0.2) is 9.97 Å². The minimum Gasteiger partial charge on any atom is -0.241 e. The van der Waals surface area contributed by atoms with Gasteiger partial charge in [0, 0.05) is 18.8 Å². The Balaban J connectivity index is 2.53. The minimum absolute atomic E-state index is 0.660. The van der Waals surface area contributed by atoms with Gasteiger partial charge in [-0.1, -0.05) is 20.8 Å². The highest BCUT2D eigenvalue weighted by Gasteiger charge is 2.08. The quantitative estimate of drug-likeness (QED) is 0.685. The average molecular weight is 164 g/mol. The largest absolute Gasteiger partial charge is 0.241 e. The highest BCUT2D eigenvalue weighted by atomic mass is 14.8. The highest BCUT2D eigenvalue weighted by molar-refractivity contribution is 4.89. The van der Waals surface area contributed by atoms with Crippen LogP contribution in [-0.2, 0) is 6.42 Å². The van der Waals surface area contributed by atoms with Crippen LogP contribution < -0.4 is 0 Å². The molecule has 66 valence electrons. The van der Waals surface area contributed by atoms with Crippen LogP contribution in [0.15, 0.2) is 18.5 Å². The zero-order valence-corrected chi connectivity index (χ0v) is 7.99. The van der Waals surface area contributed by atoms with Gasteiger partial charge in [0.05, 0.1) is 0 Å². The van der Waals surface area contributed by atoms with Gasteiger partial charge in [0.25, 0.3) is 0 Å². The van der Waals surface area contributed by atoms with Crippen molar-refractivity contribution in [1.29, 1.82) is 0 Å². The van der Waals surface area contributed by atoms with Gasteiger partial charge in [-0.15, -0.1) is 0 Å². The first-order valence-corrected chi connectivity index (χ1v) is 4.46. The van der Waals surface area contributed by atoms with E-state index in [0.717, 1.165) is 12.2 Å². The van der Waals surface area contributed by atoms with Crippen LogP contribution >= 0.6 is 0 Å². The molecule has 0 amide bonds. The number of hydrogen-bond donors (Lipinski definition) is 0. The van der Waals surface area contributed by atoms with Crippen molar-refractivity contribution in [2.45, 2.75) is 27.2 Å². The van der Waals surface area contributed by atoms with E-state index >= 15 is 0 Å². The van der Waals surface area contributed by atoms with Crippen molar-refractivity contribution < 1.29 is 0 Å². The third-order valence-electron chi connectivity index (χ3n) is 2.26. The highest BCUT2D eigenvalue weighted by Crippen LogP contribution is 2.13. The zero-order chi connectivity index (χ0) is 8.97. The first-order valence-electron chi connectivity index (χ1n) is 4.46. The first kappa shape index (κ1) is 9.17. The van der Waals surface area contributed by atoms with Crippen LogP contribution in [0.25, 0.3) is 0 Å². The number of nitrogens with zero attached hydrogens (tertiary/aromatic N) is 2. The maximum atomic E-state index is 4.19. The minimum atomic E-state index is 0.660. The molecule has 1 unspecified atom stereocenters. The summed E-state index contributed by atoms with van der Waals surface area (Å²) in [5.41, 5.74) is 0. The van der Waals surface area contributed by atoms with Crippen molar-refractivity contribution in [3.05, 3.63) is 24.3 Å². The van der Waals surface area contributed by atoms with Gasteiger partial charge in [-0.25, -0.2) is 9.97 Å². The third-order valence-corrected chi connectivity index (χ3v) is 2.26. The van der Waals surface area contributed by atoms with Gasteiger partial charge in [0.15, 0.2) is 0 Å². The molecule has 1 aromatic rings. The van der Waals surface area contributed by atoms with Crippen molar-refractivity contribution in [3.8, 4) is 0 Å². The normalized spacial score (nSPS) is 13.3. The molecule has 0 saturated heterocycles. The molecule has 2 heteroatoms. The van der Waals surface area contributed by atoms with Crippen LogP contribution in [0.2, 0.25) is 0 Å². The van der Waals surface area contributed by atoms with Crippen LogP contribution in [0.4, 0.5) is 0 Å². The molecule has 0 bridgehead atoms. The first-order chi connectivity index (χ1) is 5.70. The smallest absolute Gasteiger partial charge is 0.128 e. The zero-order valence-electron chi connectivity index (χ0n) is 7.99. The third kappa shape index (κ3) is 2.61. The lowest BCUT2D eigenvalue weighted by molar-refractivity contribution is 0.409. The summed E-state index contributed by atoms with van der Waals surface area (Å²) < 4.78 is 0. The van der Waals surface area contributed by atoms with E-state index in [1.165, 1.54) is 0 Å². The molecule has 0 N–H and O–H groups in total. The topological polar surface area (TPSA) is 25.8 Å². The Morgan fingerprint density at radius 2 is 1.75 bits per heavy atom. The summed E-state index contributed by atoms with van der Waals surface area (Å²) in [4.78, 5) is 8.38. The number of hydrogen-bond acceptors (Lipinski definition) is 2. The molecule has 0 saturated carbocycles. The molecule has 1 rings (SSSR count). The fraction of sp³-hybridized carbons (Fsp3) is 0.600. The summed E-state index contributed by atoms with van der Waals surface area (Å²) in [6.45, 7) is 6.70. The Labute approximate surface area is 74.1 Å². The summed E-state index contributed by atoms with van der Waals surface area (Å²) in [5.74, 6) is 2.32. The number of aromatic nitrogens is 2. The standard InChI is InChI=1S/C10H16N2/c1-8(2)9(3)7-10-11-5-4-6-12-10/h4-6,8-9H,7H2,1-3H3. The summed E-state index contributed by atoms with van der Waals surface area (Å²) in [6.07, 6.45) is 4.59. The molecule has 0 aliphatic rings. The van der Waals surface area contributed by atoms with Crippen LogP contribution in [0, 0.1) is 11.8 Å². The molecule has 0 aliphatic heterocycles. The van der Waals surface area contributed by atoms with E-state index in [4.69, 9.17) is 0 Å². The molecular weight excluding hydrogens is 148 g/mol. The van der Waals surface area contributed by atoms with Gasteiger partial charge in [-0.2, -0.15) is 0 Å². The van der Waals surface area contributed by atoms with Gasteiger partial charge >= 0.3 is 0 Å². The second kappa shape index (κ2) is 4.19. The van der Waals surface area contributed by atoms with E-state index in [9.17, 15) is 0 Å². The van der Waals surface area contributed by atoms with Crippen molar-refractivity contribution in [2.75, 3.05) is 0 Å². The van der Waals surface area contributed by atoms with Gasteiger partial charge in [-0.3, -0.25) is 0 Å². The fourth-order valence-electron chi connectivity index (χ4n) is 0.959. The average Bonchev–Trinajstić information content (AvgIpc) is 2.06. The van der Waals surface area contributed by atoms with E-state index in [1.807, 2.05) is 6.07 Å². The maximum Gasteiger partial charge on any atom is 0.128 e. The predicted molar refractivity (Wildman–Crippen MR) is 49.7 cm³/mol. The molecule has 1 atom stereocenters. The van der Waals surface area contributed by atoms with Crippen LogP contribution in [0.1, 0.15) is 26.6 Å². The Morgan fingerprint density at radius 1 is 1.17 bits per heavy atom. The van der Waals surface area contributed by atoms with E-state index in [2.05, 4.69) is 30.7 Å². The van der Waals surface area contributed by atoms with Gasteiger partial charge in [0.2, 0.25) is 0 Å². The van der Waals surface area contributed by atoms with E-state index in [-0.39, 0.29) is 0 Å². The molecule has 0 aliphatic carbocycles. The van der Waals surface area contributed by atoms with Crippen LogP contribution in [0.5, 0.6) is 0 Å². The molecule has 2 nitrogen and oxygen atoms in total. The van der Waals surface area contributed by atoms with Gasteiger partial charge < -0.3 is 0 Å². The SMILES string of the molecule is CC(C)C(C)Cc1ncccn1. The second-order valence-corrected chi connectivity index (χ2v) is 3.59. The molecule has 12 heavy (non-hydrogen) atoms. The lowest BCUT2D eigenvalue weighted by Crippen LogP contribution is -2.09. The molecule has 0 radical (unpaired) electrons. The molecule has 1 heterocycles.